The van der Waals surface area contributed by atoms with Crippen LogP contribution in [0.5, 0.6) is 0 Å². The number of carbonyl (C=O) groups is 1. The fraction of sp³-hybridized carbons (Fsp3) is 0.243. The smallest absolute Gasteiger partial charge is 0.256 e. The molecule has 3 rings (SSSR count). The Labute approximate surface area is 262 Å². The third kappa shape index (κ3) is 7.88. The number of aliphatic imine (C=N–C) groups is 1. The first kappa shape index (κ1) is 33.9. The Morgan fingerprint density at radius 3 is 2.14 bits per heavy atom. The number of amides is 1. The van der Waals surface area contributed by atoms with Crippen LogP contribution >= 0.6 is 0 Å². The van der Waals surface area contributed by atoms with Gasteiger partial charge in [-0.1, -0.05) is 111 Å². The SMILES string of the molecule is C=C/C=C(\C=C)C(/C(C=C)=C/C=C)(c1ccccc1)N1C[C@@H](COC)O[C@@H](N(C)/C=C\C(=NC)NC(=O)c2ccccc2)C1. The Balaban J connectivity index is 2.06. The number of allylic oxidation sites excluding steroid dienone is 4. The van der Waals surface area contributed by atoms with Crippen molar-refractivity contribution >= 4 is 11.7 Å². The van der Waals surface area contributed by atoms with Gasteiger partial charge in [0.15, 0.2) is 0 Å². The monoisotopic (exact) mass is 592 g/mol. The second-order valence-corrected chi connectivity index (χ2v) is 10.2. The minimum absolute atomic E-state index is 0.233. The summed E-state index contributed by atoms with van der Waals surface area (Å²) in [5, 5.41) is 2.87. The second-order valence-electron chi connectivity index (χ2n) is 10.2. The molecule has 0 radical (unpaired) electrons. The van der Waals surface area contributed by atoms with Crippen LogP contribution in [-0.4, -0.2) is 74.8 Å². The highest BCUT2D eigenvalue weighted by Gasteiger charge is 2.47. The van der Waals surface area contributed by atoms with Gasteiger partial charge in [0.05, 0.1) is 18.2 Å². The predicted octanol–water partition coefficient (Wildman–Crippen LogP) is 6.06. The summed E-state index contributed by atoms with van der Waals surface area (Å²) in [5.41, 5.74) is 2.68. The van der Waals surface area contributed by atoms with E-state index in [2.05, 4.69) is 53.7 Å². The van der Waals surface area contributed by atoms with Crippen molar-refractivity contribution in [2.75, 3.05) is 40.9 Å². The Hall–Kier alpha value is -4.56. The standard InChI is InChI=1S/C37H44N4O3/c1-8-18-30(10-3)37(31(11-4)19-9-2,32-22-16-13-17-23-32)41-26-33(28-43-7)44-35(27-41)40(6)25-24-34(38-5)39-36(42)29-20-14-12-15-21-29/h8-25,33,35H,1-4,26-28H2,5-7H3,(H,38,39,42)/b25-24-,30-18+,31-19+/t33-,35+/m0/s1. The first-order valence-corrected chi connectivity index (χ1v) is 14.5. The summed E-state index contributed by atoms with van der Waals surface area (Å²) in [5.74, 6) is 0.194. The number of nitrogens with zero attached hydrogens (tertiary/aromatic N) is 3. The van der Waals surface area contributed by atoms with Crippen LogP contribution in [0.1, 0.15) is 15.9 Å². The quantitative estimate of drug-likeness (QED) is 0.164. The number of amidine groups is 1. The van der Waals surface area contributed by atoms with Gasteiger partial charge in [-0.25, -0.2) is 0 Å². The molecule has 1 aliphatic heterocycles. The molecule has 0 unspecified atom stereocenters. The van der Waals surface area contributed by atoms with Gasteiger partial charge in [-0.2, -0.15) is 0 Å². The molecule has 7 nitrogen and oxygen atoms in total. The van der Waals surface area contributed by atoms with Crippen molar-refractivity contribution in [2.45, 2.75) is 17.9 Å². The third-order valence-electron chi connectivity index (χ3n) is 7.48. The van der Waals surface area contributed by atoms with Crippen LogP contribution in [0.4, 0.5) is 0 Å². The lowest BCUT2D eigenvalue weighted by Gasteiger charge is -2.52. The van der Waals surface area contributed by atoms with Gasteiger partial charge >= 0.3 is 0 Å². The third-order valence-corrected chi connectivity index (χ3v) is 7.48. The summed E-state index contributed by atoms with van der Waals surface area (Å²) in [7, 11) is 5.25. The molecule has 2 aromatic rings. The molecular weight excluding hydrogens is 548 g/mol. The van der Waals surface area contributed by atoms with Gasteiger partial charge < -0.3 is 19.7 Å². The molecule has 1 aliphatic rings. The minimum Gasteiger partial charge on any atom is -0.382 e. The number of benzene rings is 2. The zero-order chi connectivity index (χ0) is 32.0. The van der Waals surface area contributed by atoms with Crippen LogP contribution < -0.4 is 5.32 Å². The highest BCUT2D eigenvalue weighted by atomic mass is 16.5. The molecule has 1 amide bonds. The van der Waals surface area contributed by atoms with E-state index in [9.17, 15) is 4.79 Å². The molecule has 230 valence electrons. The molecule has 0 spiro atoms. The van der Waals surface area contributed by atoms with Crippen LogP contribution in [0.2, 0.25) is 0 Å². The lowest BCUT2D eigenvalue weighted by Crippen LogP contribution is -2.61. The number of rotatable bonds is 14. The molecule has 0 aliphatic carbocycles. The van der Waals surface area contributed by atoms with Crippen molar-refractivity contribution in [1.82, 2.24) is 15.1 Å². The topological polar surface area (TPSA) is 66.4 Å². The number of hydrogen-bond acceptors (Lipinski definition) is 6. The van der Waals surface area contributed by atoms with E-state index < -0.39 is 5.54 Å². The molecule has 1 fully saturated rings. The van der Waals surface area contributed by atoms with Crippen molar-refractivity contribution < 1.29 is 14.3 Å². The molecule has 0 aromatic heterocycles. The summed E-state index contributed by atoms with van der Waals surface area (Å²) >= 11 is 0. The Morgan fingerprint density at radius 2 is 1.61 bits per heavy atom. The van der Waals surface area contributed by atoms with Crippen molar-refractivity contribution in [2.24, 2.45) is 4.99 Å². The maximum Gasteiger partial charge on any atom is 0.256 e. The van der Waals surface area contributed by atoms with Crippen LogP contribution in [0.3, 0.4) is 0 Å². The van der Waals surface area contributed by atoms with E-state index >= 15 is 0 Å². The number of likely N-dealkylation sites (N-methyl/N-ethyl adjacent to an activating group) is 1. The Morgan fingerprint density at radius 1 is 1.02 bits per heavy atom. The van der Waals surface area contributed by atoms with Gasteiger partial charge in [0, 0.05) is 46.1 Å². The fourth-order valence-electron chi connectivity index (χ4n) is 5.48. The Bertz CT molecular complexity index is 1380. The highest BCUT2D eigenvalue weighted by molar-refractivity contribution is 6.10. The highest BCUT2D eigenvalue weighted by Crippen LogP contribution is 2.45. The van der Waals surface area contributed by atoms with Gasteiger partial charge in [-0.3, -0.25) is 14.7 Å². The van der Waals surface area contributed by atoms with E-state index in [1.165, 1.54) is 0 Å². The largest absolute Gasteiger partial charge is 0.382 e. The van der Waals surface area contributed by atoms with E-state index in [-0.39, 0.29) is 18.2 Å². The van der Waals surface area contributed by atoms with Gasteiger partial charge in [0.2, 0.25) is 0 Å². The number of hydrogen-bond donors (Lipinski definition) is 1. The molecule has 1 saturated heterocycles. The van der Waals surface area contributed by atoms with Crippen LogP contribution in [0.15, 0.2) is 152 Å². The number of carbonyl (C=O) groups excluding carboxylic acids is 1. The molecular formula is C37H44N4O3. The number of methoxy groups -OCH3 is 1. The zero-order valence-electron chi connectivity index (χ0n) is 26.1. The summed E-state index contributed by atoms with van der Waals surface area (Å²) in [6.45, 7) is 17.9. The normalized spacial score (nSPS) is 19.6. The average molecular weight is 593 g/mol. The minimum atomic E-state index is -0.786. The summed E-state index contributed by atoms with van der Waals surface area (Å²) < 4.78 is 12.2. The molecule has 0 bridgehead atoms. The van der Waals surface area contributed by atoms with E-state index in [1.807, 2.05) is 78.8 Å². The number of ether oxygens (including phenoxy) is 2. The van der Waals surface area contributed by atoms with Crippen molar-refractivity contribution in [3.05, 3.63) is 158 Å². The molecule has 7 heteroatoms. The molecule has 2 aromatic carbocycles. The van der Waals surface area contributed by atoms with Gasteiger partial charge in [0.25, 0.3) is 5.91 Å². The Kier molecular flexibility index (Phi) is 13.0. The number of morpholine rings is 1. The van der Waals surface area contributed by atoms with Crippen molar-refractivity contribution in [1.29, 1.82) is 0 Å². The van der Waals surface area contributed by atoms with Gasteiger partial charge in [-0.15, -0.1) is 0 Å². The second kappa shape index (κ2) is 16.9. The molecule has 2 atom stereocenters. The summed E-state index contributed by atoms with van der Waals surface area (Å²) in [4.78, 5) is 21.3. The summed E-state index contributed by atoms with van der Waals surface area (Å²) in [6, 6.07) is 19.3. The lowest BCUT2D eigenvalue weighted by atomic mass is 9.73. The van der Waals surface area contributed by atoms with E-state index in [4.69, 9.17) is 9.47 Å². The van der Waals surface area contributed by atoms with Crippen molar-refractivity contribution in [3.63, 3.8) is 0 Å². The van der Waals surface area contributed by atoms with Crippen LogP contribution in [0.25, 0.3) is 0 Å². The predicted molar refractivity (Wildman–Crippen MR) is 181 cm³/mol. The van der Waals surface area contributed by atoms with Gasteiger partial charge in [0.1, 0.15) is 12.1 Å². The molecule has 44 heavy (non-hydrogen) atoms. The molecule has 1 heterocycles. The maximum absolute atomic E-state index is 12.7. The zero-order valence-corrected chi connectivity index (χ0v) is 26.1. The molecule has 0 saturated carbocycles. The van der Waals surface area contributed by atoms with Crippen LogP contribution in [0, 0.1) is 0 Å². The number of nitrogens with one attached hydrogen (secondary N) is 1. The van der Waals surface area contributed by atoms with Gasteiger partial charge in [-0.05, 0) is 34.9 Å². The van der Waals surface area contributed by atoms with Crippen molar-refractivity contribution in [3.8, 4) is 0 Å². The first-order valence-electron chi connectivity index (χ1n) is 14.5. The summed E-state index contributed by atoms with van der Waals surface area (Å²) in [6.07, 6.45) is 14.3. The lowest BCUT2D eigenvalue weighted by molar-refractivity contribution is -0.162. The maximum atomic E-state index is 12.7. The average Bonchev–Trinajstić information content (AvgIpc) is 3.06. The fourth-order valence-corrected chi connectivity index (χ4v) is 5.48. The van der Waals surface area contributed by atoms with E-state index in [0.29, 0.717) is 31.1 Å². The van der Waals surface area contributed by atoms with Crippen LogP contribution in [-0.2, 0) is 15.0 Å². The first-order chi connectivity index (χ1) is 21.4. The van der Waals surface area contributed by atoms with E-state index in [0.717, 1.165) is 16.7 Å². The molecule has 1 N–H and O–H groups in total. The van der Waals surface area contributed by atoms with E-state index in [1.54, 1.807) is 44.5 Å².